The molecule has 1 aromatic carbocycles. The van der Waals surface area contributed by atoms with Crippen LogP contribution in [0.25, 0.3) is 11.1 Å². The fraction of sp³-hybridized carbons (Fsp3) is 0.118. The number of hydrogen-bond acceptors (Lipinski definition) is 3. The van der Waals surface area contributed by atoms with Gasteiger partial charge in [0.25, 0.3) is 5.91 Å². The molecule has 3 aromatic rings. The van der Waals surface area contributed by atoms with E-state index in [1.807, 2.05) is 49.6 Å². The molecule has 0 bridgehead atoms. The fourth-order valence-corrected chi connectivity index (χ4v) is 2.30. The van der Waals surface area contributed by atoms with Crippen molar-refractivity contribution >= 4 is 5.91 Å². The smallest absolute Gasteiger partial charge is 0.252 e. The van der Waals surface area contributed by atoms with E-state index in [4.69, 9.17) is 0 Å². The first-order valence-corrected chi connectivity index (χ1v) is 6.99. The number of rotatable bonds is 4. The van der Waals surface area contributed by atoms with Gasteiger partial charge in [0.1, 0.15) is 0 Å². The second kappa shape index (κ2) is 6.22. The van der Waals surface area contributed by atoms with E-state index in [1.54, 1.807) is 23.3 Å². The van der Waals surface area contributed by atoms with Crippen LogP contribution < -0.4 is 5.32 Å². The normalized spacial score (nSPS) is 10.4. The molecule has 0 saturated carbocycles. The molecule has 0 atom stereocenters. The third kappa shape index (κ3) is 3.03. The minimum Gasteiger partial charge on any atom is -0.348 e. The number of pyridine rings is 1. The Balaban J connectivity index is 1.81. The van der Waals surface area contributed by atoms with Crippen LogP contribution in [-0.2, 0) is 13.6 Å². The Kier molecular flexibility index (Phi) is 3.96. The molecule has 110 valence electrons. The first-order chi connectivity index (χ1) is 10.7. The minimum absolute atomic E-state index is 0.108. The van der Waals surface area contributed by atoms with Gasteiger partial charge in [-0.25, -0.2) is 0 Å². The van der Waals surface area contributed by atoms with Crippen LogP contribution >= 0.6 is 0 Å². The van der Waals surface area contributed by atoms with Crippen molar-refractivity contribution in [3.8, 4) is 11.1 Å². The van der Waals surface area contributed by atoms with Crippen molar-refractivity contribution in [2.75, 3.05) is 0 Å². The summed E-state index contributed by atoms with van der Waals surface area (Å²) in [7, 11) is 1.85. The molecule has 0 radical (unpaired) electrons. The van der Waals surface area contributed by atoms with Gasteiger partial charge in [-0.05, 0) is 17.7 Å². The number of aromatic nitrogens is 3. The molecular weight excluding hydrogens is 276 g/mol. The molecule has 0 aliphatic carbocycles. The van der Waals surface area contributed by atoms with Crippen LogP contribution in [0.1, 0.15) is 15.9 Å². The van der Waals surface area contributed by atoms with Gasteiger partial charge < -0.3 is 5.32 Å². The maximum absolute atomic E-state index is 12.5. The molecule has 0 spiro atoms. The zero-order valence-corrected chi connectivity index (χ0v) is 12.2. The highest BCUT2D eigenvalue weighted by Gasteiger charge is 2.12. The molecule has 22 heavy (non-hydrogen) atoms. The molecule has 0 saturated heterocycles. The molecule has 1 amide bonds. The van der Waals surface area contributed by atoms with Crippen molar-refractivity contribution in [2.24, 2.45) is 7.05 Å². The molecule has 2 aromatic heterocycles. The quantitative estimate of drug-likeness (QED) is 0.803. The van der Waals surface area contributed by atoms with Gasteiger partial charge in [0.15, 0.2) is 0 Å². The number of nitrogens with zero attached hydrogens (tertiary/aromatic N) is 3. The Hall–Kier alpha value is -2.95. The summed E-state index contributed by atoms with van der Waals surface area (Å²) in [4.78, 5) is 16.6. The monoisotopic (exact) mass is 292 g/mol. The van der Waals surface area contributed by atoms with Gasteiger partial charge in [-0.1, -0.05) is 24.3 Å². The second-order valence-electron chi connectivity index (χ2n) is 4.99. The van der Waals surface area contributed by atoms with Gasteiger partial charge in [-0.3, -0.25) is 14.5 Å². The van der Waals surface area contributed by atoms with E-state index < -0.39 is 0 Å². The summed E-state index contributed by atoms with van der Waals surface area (Å²) in [5.74, 6) is -0.108. The van der Waals surface area contributed by atoms with Crippen LogP contribution in [0.2, 0.25) is 0 Å². The lowest BCUT2D eigenvalue weighted by Gasteiger charge is -2.09. The topological polar surface area (TPSA) is 59.8 Å². The Bertz CT molecular complexity index is 780. The summed E-state index contributed by atoms with van der Waals surface area (Å²) in [5.41, 5.74) is 3.41. The predicted octanol–water partition coefficient (Wildman–Crippen LogP) is 2.41. The molecule has 5 heteroatoms. The lowest BCUT2D eigenvalue weighted by Crippen LogP contribution is -2.23. The molecule has 1 N–H and O–H groups in total. The third-order valence-electron chi connectivity index (χ3n) is 3.36. The van der Waals surface area contributed by atoms with Crippen LogP contribution in [0.5, 0.6) is 0 Å². The highest BCUT2D eigenvalue weighted by atomic mass is 16.1. The van der Waals surface area contributed by atoms with Crippen LogP contribution in [-0.4, -0.2) is 20.7 Å². The average Bonchev–Trinajstić information content (AvgIpc) is 2.99. The maximum atomic E-state index is 12.5. The van der Waals surface area contributed by atoms with Crippen molar-refractivity contribution in [1.82, 2.24) is 20.1 Å². The zero-order chi connectivity index (χ0) is 15.4. The second-order valence-corrected chi connectivity index (χ2v) is 4.99. The van der Waals surface area contributed by atoms with E-state index in [0.29, 0.717) is 12.1 Å². The van der Waals surface area contributed by atoms with Crippen LogP contribution in [0.3, 0.4) is 0 Å². The number of carbonyl (C=O) groups excluding carboxylic acids is 1. The fourth-order valence-electron chi connectivity index (χ4n) is 2.30. The predicted molar refractivity (Wildman–Crippen MR) is 84.1 cm³/mol. The van der Waals surface area contributed by atoms with Crippen LogP contribution in [0.4, 0.5) is 0 Å². The largest absolute Gasteiger partial charge is 0.348 e. The van der Waals surface area contributed by atoms with Crippen LogP contribution in [0.15, 0.2) is 61.2 Å². The van der Waals surface area contributed by atoms with Gasteiger partial charge in [0, 0.05) is 48.9 Å². The van der Waals surface area contributed by atoms with E-state index in [-0.39, 0.29) is 5.91 Å². The molecule has 0 aliphatic rings. The Morgan fingerprint density at radius 3 is 2.77 bits per heavy atom. The number of aryl methyl sites for hydroxylation is 1. The summed E-state index contributed by atoms with van der Waals surface area (Å²) < 4.78 is 1.71. The molecule has 2 heterocycles. The average molecular weight is 292 g/mol. The molecule has 0 fully saturated rings. The lowest BCUT2D eigenvalue weighted by molar-refractivity contribution is 0.0951. The van der Waals surface area contributed by atoms with Crippen molar-refractivity contribution in [1.29, 1.82) is 0 Å². The zero-order valence-electron chi connectivity index (χ0n) is 12.2. The highest BCUT2D eigenvalue weighted by Crippen LogP contribution is 2.22. The minimum atomic E-state index is -0.108. The lowest BCUT2D eigenvalue weighted by atomic mass is 10.0. The summed E-state index contributed by atoms with van der Waals surface area (Å²) in [6.45, 7) is 0.452. The van der Waals surface area contributed by atoms with Crippen molar-refractivity contribution in [3.63, 3.8) is 0 Å². The molecule has 5 nitrogen and oxygen atoms in total. The number of benzene rings is 1. The van der Waals surface area contributed by atoms with Gasteiger partial charge in [0.05, 0.1) is 6.20 Å². The molecule has 0 aliphatic heterocycles. The summed E-state index contributed by atoms with van der Waals surface area (Å²) in [6.07, 6.45) is 7.10. The van der Waals surface area contributed by atoms with E-state index >= 15 is 0 Å². The number of carbonyl (C=O) groups is 1. The van der Waals surface area contributed by atoms with E-state index in [2.05, 4.69) is 15.4 Å². The summed E-state index contributed by atoms with van der Waals surface area (Å²) >= 11 is 0. The first-order valence-electron chi connectivity index (χ1n) is 6.99. The SMILES string of the molecule is Cn1cc(CNC(=O)c2ccccc2-c2cccnc2)cn1. The maximum Gasteiger partial charge on any atom is 0.252 e. The van der Waals surface area contributed by atoms with Crippen molar-refractivity contribution < 1.29 is 4.79 Å². The van der Waals surface area contributed by atoms with Gasteiger partial charge in [-0.15, -0.1) is 0 Å². The highest BCUT2D eigenvalue weighted by molar-refractivity contribution is 6.00. The Morgan fingerprint density at radius 1 is 1.18 bits per heavy atom. The Morgan fingerprint density at radius 2 is 2.05 bits per heavy atom. The van der Waals surface area contributed by atoms with E-state index in [0.717, 1.165) is 16.7 Å². The van der Waals surface area contributed by atoms with Crippen LogP contribution in [0, 0.1) is 0 Å². The van der Waals surface area contributed by atoms with Crippen molar-refractivity contribution in [3.05, 3.63) is 72.3 Å². The standard InChI is InChI=1S/C17H16N4O/c1-21-12-13(10-20-21)9-19-17(22)16-7-3-2-6-15(16)14-5-4-8-18-11-14/h2-8,10-12H,9H2,1H3,(H,19,22). The van der Waals surface area contributed by atoms with Gasteiger partial charge >= 0.3 is 0 Å². The summed E-state index contributed by atoms with van der Waals surface area (Å²) in [5, 5.41) is 7.02. The molecule has 3 rings (SSSR count). The third-order valence-corrected chi connectivity index (χ3v) is 3.36. The van der Waals surface area contributed by atoms with Gasteiger partial charge in [0.2, 0.25) is 0 Å². The first kappa shape index (κ1) is 14.0. The molecular formula is C17H16N4O. The molecule has 0 unspecified atom stereocenters. The van der Waals surface area contributed by atoms with Crippen molar-refractivity contribution in [2.45, 2.75) is 6.54 Å². The van der Waals surface area contributed by atoms with E-state index in [1.165, 1.54) is 0 Å². The number of amides is 1. The summed E-state index contributed by atoms with van der Waals surface area (Å²) in [6, 6.07) is 11.3. The van der Waals surface area contributed by atoms with E-state index in [9.17, 15) is 4.79 Å². The Labute approximate surface area is 128 Å². The number of hydrogen-bond donors (Lipinski definition) is 1. The van der Waals surface area contributed by atoms with Gasteiger partial charge in [-0.2, -0.15) is 5.10 Å². The number of nitrogens with one attached hydrogen (secondary N) is 1.